The Bertz CT molecular complexity index is 405. The maximum atomic E-state index is 12.5. The number of rotatable bonds is 5. The van der Waals surface area contributed by atoms with Crippen LogP contribution in [0.3, 0.4) is 0 Å². The zero-order valence-corrected chi connectivity index (χ0v) is 12.4. The minimum absolute atomic E-state index is 0.187. The fraction of sp³-hybridized carbons (Fsp3) is 0.786. The quantitative estimate of drug-likeness (QED) is 0.803. The van der Waals surface area contributed by atoms with Gasteiger partial charge in [-0.05, 0) is 19.8 Å². The Morgan fingerprint density at radius 1 is 1.50 bits per heavy atom. The minimum Gasteiger partial charge on any atom is -0.377 e. The first kappa shape index (κ1) is 16.4. The van der Waals surface area contributed by atoms with Gasteiger partial charge >= 0.3 is 0 Å². The lowest BCUT2D eigenvalue weighted by atomic mass is 9.87. The summed E-state index contributed by atoms with van der Waals surface area (Å²) in [5, 5.41) is 12.0. The Labute approximate surface area is 120 Å². The smallest absolute Gasteiger partial charge is 0.245 e. The van der Waals surface area contributed by atoms with Crippen LogP contribution in [0.5, 0.6) is 0 Å². The Morgan fingerprint density at radius 2 is 2.20 bits per heavy atom. The molecule has 1 aliphatic heterocycles. The van der Waals surface area contributed by atoms with Crippen molar-refractivity contribution < 1.29 is 14.3 Å². The molecule has 1 aliphatic rings. The fourth-order valence-corrected chi connectivity index (χ4v) is 2.03. The molecule has 1 fully saturated rings. The zero-order chi connectivity index (χ0) is 15.2. The molecule has 0 bridgehead atoms. The third-order valence-electron chi connectivity index (χ3n) is 3.67. The van der Waals surface area contributed by atoms with E-state index in [2.05, 4.69) is 11.4 Å². The number of morpholine rings is 1. The zero-order valence-electron chi connectivity index (χ0n) is 12.4. The molecule has 6 heteroatoms. The van der Waals surface area contributed by atoms with Gasteiger partial charge in [0, 0.05) is 13.1 Å². The molecular formula is C14H23N3O3. The van der Waals surface area contributed by atoms with Gasteiger partial charge in [0.25, 0.3) is 0 Å². The number of hydrogen-bond donors (Lipinski definition) is 1. The summed E-state index contributed by atoms with van der Waals surface area (Å²) in [5.41, 5.74) is -1.08. The van der Waals surface area contributed by atoms with Gasteiger partial charge in [0.1, 0.15) is 11.5 Å². The summed E-state index contributed by atoms with van der Waals surface area (Å²) in [7, 11) is 0. The number of carbonyl (C=O) groups excluding carboxylic acids is 2. The van der Waals surface area contributed by atoms with Gasteiger partial charge < -0.3 is 15.0 Å². The molecule has 0 radical (unpaired) electrons. The Kier molecular flexibility index (Phi) is 5.96. The summed E-state index contributed by atoms with van der Waals surface area (Å²) in [6, 6.07) is 1.43. The van der Waals surface area contributed by atoms with Crippen LogP contribution in [-0.4, -0.2) is 49.1 Å². The van der Waals surface area contributed by atoms with Crippen molar-refractivity contribution in [2.45, 2.75) is 39.7 Å². The molecule has 112 valence electrons. The van der Waals surface area contributed by atoms with Crippen molar-refractivity contribution >= 4 is 11.8 Å². The van der Waals surface area contributed by atoms with Gasteiger partial charge in [0.05, 0.1) is 19.3 Å². The molecular weight excluding hydrogens is 258 g/mol. The second-order valence-corrected chi connectivity index (χ2v) is 5.18. The summed E-state index contributed by atoms with van der Waals surface area (Å²) >= 11 is 0. The van der Waals surface area contributed by atoms with Crippen LogP contribution in [-0.2, 0) is 14.3 Å². The summed E-state index contributed by atoms with van der Waals surface area (Å²) in [4.78, 5) is 26.1. The van der Waals surface area contributed by atoms with E-state index in [9.17, 15) is 14.9 Å². The standard InChI is InChI=1S/C14H23N3O3/c1-4-6-16-12(18)11-9-20-8-7-17(11)13(19)14(3,5-2)10-15/h11H,4-9H2,1-3H3,(H,16,18). The summed E-state index contributed by atoms with van der Waals surface area (Å²) in [5.74, 6) is -0.501. The first-order valence-corrected chi connectivity index (χ1v) is 7.08. The monoisotopic (exact) mass is 281 g/mol. The normalized spacial score (nSPS) is 21.7. The maximum Gasteiger partial charge on any atom is 0.245 e. The van der Waals surface area contributed by atoms with Crippen molar-refractivity contribution in [3.05, 3.63) is 0 Å². The number of hydrogen-bond acceptors (Lipinski definition) is 4. The van der Waals surface area contributed by atoms with E-state index in [0.29, 0.717) is 26.1 Å². The number of carbonyl (C=O) groups is 2. The number of nitrogens with one attached hydrogen (secondary N) is 1. The van der Waals surface area contributed by atoms with Gasteiger partial charge in [-0.25, -0.2) is 0 Å². The van der Waals surface area contributed by atoms with Gasteiger partial charge in [-0.2, -0.15) is 5.26 Å². The predicted octanol–water partition coefficient (Wildman–Crippen LogP) is 0.680. The van der Waals surface area contributed by atoms with Crippen LogP contribution in [0.2, 0.25) is 0 Å². The Balaban J connectivity index is 2.86. The first-order valence-electron chi connectivity index (χ1n) is 7.08. The van der Waals surface area contributed by atoms with Crippen LogP contribution < -0.4 is 5.32 Å². The van der Waals surface area contributed by atoms with Crippen molar-refractivity contribution in [3.8, 4) is 6.07 Å². The Morgan fingerprint density at radius 3 is 2.75 bits per heavy atom. The van der Waals surface area contributed by atoms with Gasteiger partial charge in [-0.15, -0.1) is 0 Å². The summed E-state index contributed by atoms with van der Waals surface area (Å²) in [6.45, 7) is 6.88. The summed E-state index contributed by atoms with van der Waals surface area (Å²) < 4.78 is 5.31. The molecule has 2 unspecified atom stereocenters. The second kappa shape index (κ2) is 7.25. The lowest BCUT2D eigenvalue weighted by Gasteiger charge is -2.37. The van der Waals surface area contributed by atoms with Crippen LogP contribution >= 0.6 is 0 Å². The number of nitriles is 1. The average Bonchev–Trinajstić information content (AvgIpc) is 2.51. The van der Waals surface area contributed by atoms with Crippen molar-refractivity contribution in [3.63, 3.8) is 0 Å². The molecule has 2 atom stereocenters. The first-order chi connectivity index (χ1) is 9.50. The number of nitrogens with zero attached hydrogens (tertiary/aromatic N) is 2. The molecule has 0 aromatic heterocycles. The van der Waals surface area contributed by atoms with E-state index in [-0.39, 0.29) is 18.4 Å². The molecule has 0 saturated carbocycles. The molecule has 20 heavy (non-hydrogen) atoms. The van der Waals surface area contributed by atoms with Crippen molar-refractivity contribution in [2.75, 3.05) is 26.3 Å². The molecule has 0 aliphatic carbocycles. The molecule has 1 heterocycles. The molecule has 0 spiro atoms. The van der Waals surface area contributed by atoms with Gasteiger partial charge in [0.15, 0.2) is 0 Å². The predicted molar refractivity (Wildman–Crippen MR) is 73.6 cm³/mol. The van der Waals surface area contributed by atoms with E-state index >= 15 is 0 Å². The van der Waals surface area contributed by atoms with Crippen LogP contribution in [0.1, 0.15) is 33.6 Å². The average molecular weight is 281 g/mol. The summed E-state index contributed by atoms with van der Waals surface area (Å²) in [6.07, 6.45) is 1.25. The third-order valence-corrected chi connectivity index (χ3v) is 3.67. The highest BCUT2D eigenvalue weighted by atomic mass is 16.5. The van der Waals surface area contributed by atoms with Crippen molar-refractivity contribution in [1.29, 1.82) is 5.26 Å². The van der Waals surface area contributed by atoms with E-state index in [4.69, 9.17) is 4.74 Å². The highest BCUT2D eigenvalue weighted by molar-refractivity contribution is 5.91. The van der Waals surface area contributed by atoms with Gasteiger partial charge in [0.2, 0.25) is 11.8 Å². The molecule has 0 aromatic rings. The fourth-order valence-electron chi connectivity index (χ4n) is 2.03. The van der Waals surface area contributed by atoms with E-state index in [1.807, 2.05) is 6.92 Å². The van der Waals surface area contributed by atoms with E-state index in [1.165, 1.54) is 4.90 Å². The lowest BCUT2D eigenvalue weighted by molar-refractivity contribution is -0.153. The third kappa shape index (κ3) is 3.48. The molecule has 2 amide bonds. The van der Waals surface area contributed by atoms with Gasteiger partial charge in [-0.3, -0.25) is 9.59 Å². The van der Waals surface area contributed by atoms with E-state index < -0.39 is 11.5 Å². The SMILES string of the molecule is CCCNC(=O)C1COCCN1C(=O)C(C)(C#N)CC. The number of ether oxygens (including phenoxy) is 1. The highest BCUT2D eigenvalue weighted by Gasteiger charge is 2.41. The van der Waals surface area contributed by atoms with Crippen molar-refractivity contribution in [2.24, 2.45) is 5.41 Å². The molecule has 1 rings (SSSR count). The highest BCUT2D eigenvalue weighted by Crippen LogP contribution is 2.25. The molecule has 6 nitrogen and oxygen atoms in total. The molecule has 0 aromatic carbocycles. The van der Waals surface area contributed by atoms with E-state index in [1.54, 1.807) is 13.8 Å². The van der Waals surface area contributed by atoms with Crippen LogP contribution in [0.15, 0.2) is 0 Å². The molecule has 1 N–H and O–H groups in total. The largest absolute Gasteiger partial charge is 0.377 e. The van der Waals surface area contributed by atoms with Crippen LogP contribution in [0.25, 0.3) is 0 Å². The van der Waals surface area contributed by atoms with E-state index in [0.717, 1.165) is 6.42 Å². The van der Waals surface area contributed by atoms with Crippen LogP contribution in [0, 0.1) is 16.7 Å². The maximum absolute atomic E-state index is 12.5. The topological polar surface area (TPSA) is 82.4 Å². The van der Waals surface area contributed by atoms with Crippen LogP contribution in [0.4, 0.5) is 0 Å². The van der Waals surface area contributed by atoms with Gasteiger partial charge in [-0.1, -0.05) is 13.8 Å². The Hall–Kier alpha value is -1.61. The van der Waals surface area contributed by atoms with Crippen molar-refractivity contribution in [1.82, 2.24) is 10.2 Å². The minimum atomic E-state index is -1.08. The molecule has 1 saturated heterocycles. The lowest BCUT2D eigenvalue weighted by Crippen LogP contribution is -2.58. The second-order valence-electron chi connectivity index (χ2n) is 5.18. The number of amides is 2.